The van der Waals surface area contributed by atoms with Gasteiger partial charge in [0.1, 0.15) is 0 Å². The van der Waals surface area contributed by atoms with Crippen molar-refractivity contribution in [3.8, 4) is 11.5 Å². The molecule has 150 valence electrons. The maximum absolute atomic E-state index is 13.2. The summed E-state index contributed by atoms with van der Waals surface area (Å²) in [5.74, 6) is 0.247. The molecule has 0 bridgehead atoms. The maximum Gasteiger partial charge on any atom is 0.254 e. The molecule has 2 heterocycles. The molecule has 0 fully saturated rings. The van der Waals surface area contributed by atoms with Crippen LogP contribution in [0, 0.1) is 0 Å². The monoisotopic (exact) mass is 402 g/mol. The first-order chi connectivity index (χ1) is 13.5. The summed E-state index contributed by atoms with van der Waals surface area (Å²) in [6, 6.07) is 6.99. The Morgan fingerprint density at radius 3 is 2.57 bits per heavy atom. The van der Waals surface area contributed by atoms with Gasteiger partial charge in [-0.15, -0.1) is 11.3 Å². The van der Waals surface area contributed by atoms with Gasteiger partial charge in [0.2, 0.25) is 5.91 Å². The molecule has 2 atom stereocenters. The molecule has 1 aromatic carbocycles. The van der Waals surface area contributed by atoms with E-state index in [2.05, 4.69) is 12.2 Å². The van der Waals surface area contributed by atoms with E-state index < -0.39 is 5.92 Å². The standard InChI is InChI=1S/C21H26N2O4S/c1-5-6-9-22-20(24)18-13-11-15(26-3)16(27-4)12-14(13)21(25)23(2)19(18)17-8-7-10-28-17/h7-8,10-12,18-19H,5-6,9H2,1-4H3,(H,22,24)/t18-,19-/m0/s1. The number of methoxy groups -OCH3 is 2. The maximum atomic E-state index is 13.2. The molecule has 1 N–H and O–H groups in total. The van der Waals surface area contributed by atoms with Crippen molar-refractivity contribution in [2.24, 2.45) is 0 Å². The molecule has 1 aliphatic rings. The van der Waals surface area contributed by atoms with Crippen molar-refractivity contribution in [3.05, 3.63) is 45.6 Å². The number of likely N-dealkylation sites (N-methyl/N-ethyl adjacent to an activating group) is 1. The number of thiophene rings is 1. The Kier molecular flexibility index (Phi) is 6.24. The van der Waals surface area contributed by atoms with Crippen LogP contribution in [0.3, 0.4) is 0 Å². The Balaban J connectivity index is 2.13. The van der Waals surface area contributed by atoms with Gasteiger partial charge in [-0.25, -0.2) is 0 Å². The Hall–Kier alpha value is -2.54. The molecule has 0 aliphatic carbocycles. The van der Waals surface area contributed by atoms with Crippen molar-refractivity contribution in [1.82, 2.24) is 10.2 Å². The minimum absolute atomic E-state index is 0.0836. The van der Waals surface area contributed by atoms with Crippen LogP contribution >= 0.6 is 11.3 Å². The number of hydrogen-bond acceptors (Lipinski definition) is 5. The van der Waals surface area contributed by atoms with Crippen LogP contribution in [0.2, 0.25) is 0 Å². The third kappa shape index (κ3) is 3.58. The van der Waals surface area contributed by atoms with Crippen LogP contribution < -0.4 is 14.8 Å². The normalized spacial score (nSPS) is 18.6. The fourth-order valence-electron chi connectivity index (χ4n) is 3.64. The van der Waals surface area contributed by atoms with E-state index in [1.165, 1.54) is 7.11 Å². The molecule has 2 aromatic rings. The van der Waals surface area contributed by atoms with Crippen molar-refractivity contribution < 1.29 is 19.1 Å². The van der Waals surface area contributed by atoms with Crippen LogP contribution in [0.1, 0.15) is 52.5 Å². The molecule has 0 saturated heterocycles. The lowest BCUT2D eigenvalue weighted by molar-refractivity contribution is -0.124. The summed E-state index contributed by atoms with van der Waals surface area (Å²) in [5, 5.41) is 5.01. The van der Waals surface area contributed by atoms with Gasteiger partial charge in [-0.1, -0.05) is 19.4 Å². The van der Waals surface area contributed by atoms with Gasteiger partial charge in [-0.2, -0.15) is 0 Å². The lowest BCUT2D eigenvalue weighted by Gasteiger charge is -2.39. The average molecular weight is 403 g/mol. The Labute approximate surface area is 169 Å². The van der Waals surface area contributed by atoms with Crippen LogP contribution in [-0.2, 0) is 4.79 Å². The molecule has 1 aromatic heterocycles. The lowest BCUT2D eigenvalue weighted by atomic mass is 9.81. The van der Waals surface area contributed by atoms with Gasteiger partial charge in [0.15, 0.2) is 11.5 Å². The van der Waals surface area contributed by atoms with Crippen molar-refractivity contribution in [2.75, 3.05) is 27.8 Å². The Morgan fingerprint density at radius 1 is 1.25 bits per heavy atom. The van der Waals surface area contributed by atoms with Crippen molar-refractivity contribution in [2.45, 2.75) is 31.7 Å². The van der Waals surface area contributed by atoms with E-state index in [0.717, 1.165) is 17.7 Å². The zero-order valence-electron chi connectivity index (χ0n) is 16.7. The first kappa shape index (κ1) is 20.2. The third-order valence-corrected chi connectivity index (χ3v) is 6.06. The highest BCUT2D eigenvalue weighted by Gasteiger charge is 2.43. The summed E-state index contributed by atoms with van der Waals surface area (Å²) in [6.45, 7) is 2.70. The minimum atomic E-state index is -0.520. The fraction of sp³-hybridized carbons (Fsp3) is 0.429. The van der Waals surface area contributed by atoms with Gasteiger partial charge in [-0.3, -0.25) is 9.59 Å². The Bertz CT molecular complexity index is 850. The number of nitrogens with one attached hydrogen (secondary N) is 1. The highest BCUT2D eigenvalue weighted by atomic mass is 32.1. The highest BCUT2D eigenvalue weighted by Crippen LogP contribution is 2.46. The molecule has 6 nitrogen and oxygen atoms in total. The van der Waals surface area contributed by atoms with Gasteiger partial charge in [0, 0.05) is 24.0 Å². The van der Waals surface area contributed by atoms with Gasteiger partial charge < -0.3 is 19.7 Å². The molecule has 0 radical (unpaired) electrons. The van der Waals surface area contributed by atoms with Gasteiger partial charge in [-0.05, 0) is 35.6 Å². The quantitative estimate of drug-likeness (QED) is 0.719. The zero-order chi connectivity index (χ0) is 20.3. The molecule has 0 unspecified atom stereocenters. The minimum Gasteiger partial charge on any atom is -0.493 e. The number of hydrogen-bond donors (Lipinski definition) is 1. The van der Waals surface area contributed by atoms with E-state index >= 15 is 0 Å². The van der Waals surface area contributed by atoms with Crippen LogP contribution in [0.4, 0.5) is 0 Å². The van der Waals surface area contributed by atoms with Gasteiger partial charge >= 0.3 is 0 Å². The number of benzene rings is 1. The lowest BCUT2D eigenvalue weighted by Crippen LogP contribution is -2.45. The molecular weight excluding hydrogens is 376 g/mol. The van der Waals surface area contributed by atoms with E-state index in [4.69, 9.17) is 9.47 Å². The predicted octanol–water partition coefficient (Wildman–Crippen LogP) is 3.59. The van der Waals surface area contributed by atoms with Gasteiger partial charge in [0.25, 0.3) is 5.91 Å². The number of carbonyl (C=O) groups is 2. The number of ether oxygens (including phenoxy) is 2. The predicted molar refractivity (Wildman–Crippen MR) is 109 cm³/mol. The second kappa shape index (κ2) is 8.65. The second-order valence-electron chi connectivity index (χ2n) is 6.79. The van der Waals surface area contributed by atoms with Crippen LogP contribution in [0.5, 0.6) is 11.5 Å². The molecule has 0 saturated carbocycles. The Morgan fingerprint density at radius 2 is 1.96 bits per heavy atom. The van der Waals surface area contributed by atoms with Crippen molar-refractivity contribution in [1.29, 1.82) is 0 Å². The van der Waals surface area contributed by atoms with E-state index in [-0.39, 0.29) is 17.9 Å². The average Bonchev–Trinajstić information content (AvgIpc) is 3.23. The van der Waals surface area contributed by atoms with Crippen molar-refractivity contribution >= 4 is 23.2 Å². The van der Waals surface area contributed by atoms with E-state index in [1.807, 2.05) is 17.5 Å². The fourth-order valence-corrected chi connectivity index (χ4v) is 4.55. The number of rotatable bonds is 7. The molecule has 2 amide bonds. The van der Waals surface area contributed by atoms with Crippen LogP contribution in [-0.4, -0.2) is 44.5 Å². The van der Waals surface area contributed by atoms with Crippen LogP contribution in [0.15, 0.2) is 29.6 Å². The van der Waals surface area contributed by atoms with E-state index in [9.17, 15) is 9.59 Å². The highest BCUT2D eigenvalue weighted by molar-refractivity contribution is 7.10. The molecule has 1 aliphatic heterocycles. The summed E-state index contributed by atoms with van der Waals surface area (Å²) in [5.41, 5.74) is 1.15. The first-order valence-electron chi connectivity index (χ1n) is 9.37. The SMILES string of the molecule is CCCCNC(=O)[C@H]1c2cc(OC)c(OC)cc2C(=O)N(C)[C@H]1c1cccs1. The number of nitrogens with zero attached hydrogens (tertiary/aromatic N) is 1. The first-order valence-corrected chi connectivity index (χ1v) is 10.3. The van der Waals surface area contributed by atoms with E-state index in [1.54, 1.807) is 42.5 Å². The summed E-state index contributed by atoms with van der Waals surface area (Å²) in [6.07, 6.45) is 1.91. The molecule has 3 rings (SSSR count). The summed E-state index contributed by atoms with van der Waals surface area (Å²) in [7, 11) is 4.83. The summed E-state index contributed by atoms with van der Waals surface area (Å²) >= 11 is 1.55. The number of carbonyl (C=O) groups excluding carboxylic acids is 2. The van der Waals surface area contributed by atoms with Crippen LogP contribution in [0.25, 0.3) is 0 Å². The molecule has 7 heteroatoms. The second-order valence-corrected chi connectivity index (χ2v) is 7.77. The zero-order valence-corrected chi connectivity index (χ0v) is 17.5. The number of amides is 2. The topological polar surface area (TPSA) is 67.9 Å². The van der Waals surface area contributed by atoms with Crippen molar-refractivity contribution in [3.63, 3.8) is 0 Å². The molecule has 28 heavy (non-hydrogen) atoms. The summed E-state index contributed by atoms with van der Waals surface area (Å²) in [4.78, 5) is 29.0. The van der Waals surface area contributed by atoms with Gasteiger partial charge in [0.05, 0.1) is 26.2 Å². The summed E-state index contributed by atoms with van der Waals surface area (Å²) < 4.78 is 10.8. The molecule has 0 spiro atoms. The number of fused-ring (bicyclic) bond motifs is 1. The molecular formula is C21H26N2O4S. The third-order valence-electron chi connectivity index (χ3n) is 5.12. The smallest absolute Gasteiger partial charge is 0.254 e. The van der Waals surface area contributed by atoms with E-state index in [0.29, 0.717) is 29.2 Å². The largest absolute Gasteiger partial charge is 0.493 e. The number of unbranched alkanes of at least 4 members (excludes halogenated alkanes) is 1.